The lowest BCUT2D eigenvalue weighted by atomic mass is 10.2. The number of ether oxygens (including phenoxy) is 1. The molecule has 1 amide bonds. The van der Waals surface area contributed by atoms with Gasteiger partial charge in [0, 0.05) is 0 Å². The smallest absolute Gasteiger partial charge is 0.416 e. The van der Waals surface area contributed by atoms with Crippen LogP contribution in [0.5, 0.6) is 5.75 Å². The van der Waals surface area contributed by atoms with Crippen molar-refractivity contribution < 1.29 is 31.1 Å². The molecule has 0 spiro atoms. The second-order valence-electron chi connectivity index (χ2n) is 5.11. The average Bonchev–Trinajstić information content (AvgIpc) is 2.64. The van der Waals surface area contributed by atoms with Crippen LogP contribution >= 0.6 is 0 Å². The maximum atomic E-state index is 12.6. The maximum absolute atomic E-state index is 12.6. The van der Waals surface area contributed by atoms with Crippen molar-refractivity contribution in [3.8, 4) is 11.8 Å². The van der Waals surface area contributed by atoms with Crippen molar-refractivity contribution in [3.63, 3.8) is 0 Å². The summed E-state index contributed by atoms with van der Waals surface area (Å²) in [5.41, 5.74) is 1.03. The van der Waals surface area contributed by atoms with Crippen LogP contribution in [-0.4, -0.2) is 20.9 Å². The molecule has 2 aromatic rings. The van der Waals surface area contributed by atoms with Gasteiger partial charge in [0.1, 0.15) is 5.75 Å². The first-order chi connectivity index (χ1) is 12.6. The first-order valence-corrected chi connectivity index (χ1v) is 8.71. The molecule has 2 rings (SSSR count). The summed E-state index contributed by atoms with van der Waals surface area (Å²) in [6.07, 6.45) is -4.56. The van der Waals surface area contributed by atoms with E-state index in [-0.39, 0.29) is 16.2 Å². The molecular weight excluding hydrogens is 387 g/mol. The molecule has 2 aromatic carbocycles. The van der Waals surface area contributed by atoms with Crippen LogP contribution in [0.3, 0.4) is 0 Å². The first kappa shape index (κ1) is 20.2. The fourth-order valence-electron chi connectivity index (χ4n) is 1.86. The predicted octanol–water partition coefficient (Wildman–Crippen LogP) is 1.97. The van der Waals surface area contributed by atoms with Crippen molar-refractivity contribution >= 4 is 15.9 Å². The molecule has 27 heavy (non-hydrogen) atoms. The quantitative estimate of drug-likeness (QED) is 0.722. The topological polar surface area (TPSA) is 108 Å². The van der Waals surface area contributed by atoms with Gasteiger partial charge in [-0.15, -0.1) is 4.83 Å². The Bertz CT molecular complexity index is 985. The van der Waals surface area contributed by atoms with E-state index < -0.39 is 34.3 Å². The van der Waals surface area contributed by atoms with Crippen LogP contribution in [0.4, 0.5) is 13.2 Å². The van der Waals surface area contributed by atoms with Crippen LogP contribution < -0.4 is 15.0 Å². The minimum absolute atomic E-state index is 0.108. The Kier molecular flexibility index (Phi) is 6.04. The number of carbonyl (C=O) groups excluding carboxylic acids is 1. The zero-order valence-electron chi connectivity index (χ0n) is 13.4. The Hall–Kier alpha value is -3.10. The third kappa shape index (κ3) is 5.70. The molecule has 2 N–H and O–H groups in total. The zero-order chi connectivity index (χ0) is 20.1. The van der Waals surface area contributed by atoms with Crippen molar-refractivity contribution in [2.45, 2.75) is 11.1 Å². The largest absolute Gasteiger partial charge is 0.484 e. The molecule has 0 aliphatic carbocycles. The van der Waals surface area contributed by atoms with Gasteiger partial charge < -0.3 is 4.74 Å². The average molecular weight is 399 g/mol. The van der Waals surface area contributed by atoms with Gasteiger partial charge in [-0.2, -0.15) is 18.4 Å². The summed E-state index contributed by atoms with van der Waals surface area (Å²) in [4.78, 5) is 13.2. The summed E-state index contributed by atoms with van der Waals surface area (Å²) in [5, 5.41) is 8.77. The molecule has 0 radical (unpaired) electrons. The number of rotatable bonds is 6. The number of nitriles is 1. The van der Waals surface area contributed by atoms with E-state index in [1.807, 2.05) is 5.43 Å². The van der Waals surface area contributed by atoms with Gasteiger partial charge in [0.05, 0.1) is 22.1 Å². The Balaban J connectivity index is 1.94. The number of amides is 1. The Morgan fingerprint density at radius 1 is 1.15 bits per heavy atom. The van der Waals surface area contributed by atoms with E-state index in [9.17, 15) is 26.4 Å². The molecule has 0 saturated carbocycles. The van der Waals surface area contributed by atoms with Gasteiger partial charge in [0.2, 0.25) is 0 Å². The molecule has 0 fully saturated rings. The molecule has 0 heterocycles. The van der Waals surface area contributed by atoms with Gasteiger partial charge in [-0.1, -0.05) is 12.1 Å². The zero-order valence-corrected chi connectivity index (χ0v) is 14.3. The molecule has 0 unspecified atom stereocenters. The summed E-state index contributed by atoms with van der Waals surface area (Å²) >= 11 is 0. The number of halogens is 3. The Labute approximate surface area is 152 Å². The minimum Gasteiger partial charge on any atom is -0.484 e. The van der Waals surface area contributed by atoms with Crippen molar-refractivity contribution in [1.82, 2.24) is 10.3 Å². The van der Waals surface area contributed by atoms with Crippen LogP contribution in [0.1, 0.15) is 11.1 Å². The number of carbonyl (C=O) groups is 1. The Morgan fingerprint density at radius 2 is 1.85 bits per heavy atom. The Morgan fingerprint density at radius 3 is 2.52 bits per heavy atom. The van der Waals surface area contributed by atoms with Crippen LogP contribution in [-0.2, 0) is 21.0 Å². The van der Waals surface area contributed by atoms with E-state index in [4.69, 9.17) is 10.00 Å². The third-order valence-electron chi connectivity index (χ3n) is 3.13. The van der Waals surface area contributed by atoms with Gasteiger partial charge >= 0.3 is 6.18 Å². The summed E-state index contributed by atoms with van der Waals surface area (Å²) in [5.74, 6) is -1.14. The highest BCUT2D eigenvalue weighted by atomic mass is 32.2. The summed E-state index contributed by atoms with van der Waals surface area (Å²) in [6, 6.07) is 10.7. The van der Waals surface area contributed by atoms with Crippen molar-refractivity contribution in [3.05, 3.63) is 59.7 Å². The van der Waals surface area contributed by atoms with E-state index in [1.165, 1.54) is 24.3 Å². The van der Waals surface area contributed by atoms with Crippen molar-refractivity contribution in [1.29, 1.82) is 5.26 Å². The lowest BCUT2D eigenvalue weighted by molar-refractivity contribution is -0.137. The molecule has 0 atom stereocenters. The van der Waals surface area contributed by atoms with Crippen molar-refractivity contribution in [2.24, 2.45) is 0 Å². The highest BCUT2D eigenvalue weighted by molar-refractivity contribution is 7.89. The van der Waals surface area contributed by atoms with Crippen molar-refractivity contribution in [2.75, 3.05) is 6.61 Å². The van der Waals surface area contributed by atoms with Crippen LogP contribution in [0.25, 0.3) is 0 Å². The molecular formula is C16H12F3N3O4S. The maximum Gasteiger partial charge on any atom is 0.416 e. The minimum atomic E-state index is -4.56. The number of hydrogen-bond acceptors (Lipinski definition) is 5. The highest BCUT2D eigenvalue weighted by Gasteiger charge is 2.30. The fraction of sp³-hybridized carbons (Fsp3) is 0.125. The van der Waals surface area contributed by atoms with Crippen LogP contribution in [0.2, 0.25) is 0 Å². The van der Waals surface area contributed by atoms with E-state index >= 15 is 0 Å². The molecule has 0 aliphatic heterocycles. The molecule has 0 aliphatic rings. The molecule has 7 nitrogen and oxygen atoms in total. The predicted molar refractivity (Wildman–Crippen MR) is 86.6 cm³/mol. The van der Waals surface area contributed by atoms with Gasteiger partial charge in [-0.05, 0) is 36.4 Å². The molecule has 0 saturated heterocycles. The van der Waals surface area contributed by atoms with E-state index in [2.05, 4.69) is 0 Å². The SMILES string of the molecule is N#Cc1cccc(S(=O)(=O)NNC(=O)COc2cccc(C(F)(F)F)c2)c1. The molecule has 142 valence electrons. The highest BCUT2D eigenvalue weighted by Crippen LogP contribution is 2.31. The third-order valence-corrected chi connectivity index (χ3v) is 4.37. The van der Waals surface area contributed by atoms with Gasteiger partial charge in [-0.3, -0.25) is 10.2 Å². The van der Waals surface area contributed by atoms with E-state index in [1.54, 1.807) is 10.9 Å². The second kappa shape index (κ2) is 8.07. The molecule has 0 aromatic heterocycles. The van der Waals surface area contributed by atoms with Crippen LogP contribution in [0, 0.1) is 11.3 Å². The fourth-order valence-corrected chi connectivity index (χ4v) is 2.77. The second-order valence-corrected chi connectivity index (χ2v) is 6.79. The molecule has 0 bridgehead atoms. The van der Waals surface area contributed by atoms with Crippen LogP contribution in [0.15, 0.2) is 53.4 Å². The normalized spacial score (nSPS) is 11.5. The number of hydrogen-bond donors (Lipinski definition) is 2. The molecule has 11 heteroatoms. The summed E-state index contributed by atoms with van der Waals surface area (Å²) < 4.78 is 66.8. The summed E-state index contributed by atoms with van der Waals surface area (Å²) in [7, 11) is -4.13. The van der Waals surface area contributed by atoms with Gasteiger partial charge in [-0.25, -0.2) is 8.42 Å². The number of hydrazine groups is 1. The first-order valence-electron chi connectivity index (χ1n) is 7.23. The summed E-state index contributed by atoms with van der Waals surface area (Å²) in [6.45, 7) is -0.720. The number of benzene rings is 2. The lowest BCUT2D eigenvalue weighted by Gasteiger charge is -2.11. The number of sulfonamides is 1. The number of nitrogens with zero attached hydrogens (tertiary/aromatic N) is 1. The van der Waals surface area contributed by atoms with Gasteiger partial charge in [0.15, 0.2) is 6.61 Å². The van der Waals surface area contributed by atoms with E-state index in [0.717, 1.165) is 18.2 Å². The standard InChI is InChI=1S/C16H12F3N3O4S/c17-16(18,19)12-4-2-5-13(8-12)26-10-15(23)21-22-27(24,25)14-6-1-3-11(7-14)9-20/h1-8,22H,10H2,(H,21,23). The monoisotopic (exact) mass is 399 g/mol. The number of alkyl halides is 3. The lowest BCUT2D eigenvalue weighted by Crippen LogP contribution is -2.43. The number of nitrogens with one attached hydrogen (secondary N) is 2. The van der Waals surface area contributed by atoms with Gasteiger partial charge in [0.25, 0.3) is 15.9 Å². The van der Waals surface area contributed by atoms with E-state index in [0.29, 0.717) is 6.07 Å².